The molecule has 0 aromatic heterocycles. The lowest BCUT2D eigenvalue weighted by atomic mass is 9.78. The van der Waals surface area contributed by atoms with Crippen LogP contribution in [0.2, 0.25) is 0 Å². The predicted octanol–water partition coefficient (Wildman–Crippen LogP) is 3.87. The van der Waals surface area contributed by atoms with Crippen LogP contribution in [-0.2, 0) is 14.3 Å². The number of ether oxygens (including phenoxy) is 1. The molecule has 0 radical (unpaired) electrons. The minimum atomic E-state index is -0.726. The van der Waals surface area contributed by atoms with E-state index in [0.717, 1.165) is 19.3 Å². The number of benzene rings is 2. The number of nitrogens with zero attached hydrogens (tertiary/aromatic N) is 1. The van der Waals surface area contributed by atoms with E-state index in [1.165, 1.54) is 22.3 Å². The molecule has 3 aliphatic carbocycles. The van der Waals surface area contributed by atoms with Gasteiger partial charge in [0.15, 0.2) is 0 Å². The topological polar surface area (TPSA) is 95.9 Å². The van der Waals surface area contributed by atoms with Crippen molar-refractivity contribution in [1.82, 2.24) is 10.2 Å². The summed E-state index contributed by atoms with van der Waals surface area (Å²) >= 11 is 0. The van der Waals surface area contributed by atoms with Gasteiger partial charge in [0, 0.05) is 31.5 Å². The van der Waals surface area contributed by atoms with Gasteiger partial charge in [-0.2, -0.15) is 0 Å². The van der Waals surface area contributed by atoms with Crippen LogP contribution in [0.4, 0.5) is 4.79 Å². The molecule has 6 rings (SSSR count). The largest absolute Gasteiger partial charge is 0.481 e. The number of carboxylic acids is 1. The van der Waals surface area contributed by atoms with Crippen molar-refractivity contribution in [1.29, 1.82) is 0 Å². The monoisotopic (exact) mass is 474 g/mol. The molecule has 1 saturated heterocycles. The Kier molecular flexibility index (Phi) is 5.50. The number of piperidine rings is 1. The first-order valence-corrected chi connectivity index (χ1v) is 12.6. The molecule has 182 valence electrons. The number of carbonyl (C=O) groups excluding carboxylic acids is 2. The Morgan fingerprint density at radius 3 is 2.29 bits per heavy atom. The van der Waals surface area contributed by atoms with Gasteiger partial charge in [-0.25, -0.2) is 4.79 Å². The number of hydrogen-bond acceptors (Lipinski definition) is 4. The maximum absolute atomic E-state index is 12.7. The average Bonchev–Trinajstić information content (AvgIpc) is 3.48. The normalized spacial score (nSPS) is 28.2. The summed E-state index contributed by atoms with van der Waals surface area (Å²) in [5.74, 6) is -0.188. The van der Waals surface area contributed by atoms with Crippen molar-refractivity contribution in [3.8, 4) is 11.1 Å². The summed E-state index contributed by atoms with van der Waals surface area (Å²) in [6, 6.07) is 16.6. The lowest BCUT2D eigenvalue weighted by Gasteiger charge is -2.37. The van der Waals surface area contributed by atoms with E-state index >= 15 is 0 Å². The van der Waals surface area contributed by atoms with Crippen molar-refractivity contribution in [2.75, 3.05) is 19.7 Å². The predicted molar refractivity (Wildman–Crippen MR) is 129 cm³/mol. The van der Waals surface area contributed by atoms with Crippen molar-refractivity contribution in [3.63, 3.8) is 0 Å². The summed E-state index contributed by atoms with van der Waals surface area (Å²) in [6.45, 7) is 1.54. The minimum Gasteiger partial charge on any atom is -0.481 e. The Morgan fingerprint density at radius 2 is 1.63 bits per heavy atom. The van der Waals surface area contributed by atoms with Crippen LogP contribution in [0.5, 0.6) is 0 Å². The van der Waals surface area contributed by atoms with Crippen molar-refractivity contribution >= 4 is 18.0 Å². The van der Waals surface area contributed by atoms with Gasteiger partial charge < -0.3 is 20.1 Å². The fraction of sp³-hybridized carbons (Fsp3) is 0.464. The number of carboxylic acid groups (broad SMARTS) is 1. The van der Waals surface area contributed by atoms with Gasteiger partial charge in [-0.05, 0) is 59.3 Å². The highest BCUT2D eigenvalue weighted by molar-refractivity contribution is 5.80. The number of rotatable bonds is 6. The zero-order chi connectivity index (χ0) is 24.1. The number of aliphatic carboxylic acids is 1. The Balaban J connectivity index is 0.949. The van der Waals surface area contributed by atoms with Crippen LogP contribution in [0.1, 0.15) is 42.7 Å². The molecule has 1 heterocycles. The van der Waals surface area contributed by atoms with Gasteiger partial charge in [0.05, 0.1) is 5.92 Å². The second-order valence-electron chi connectivity index (χ2n) is 10.5. The highest BCUT2D eigenvalue weighted by Crippen LogP contribution is 2.52. The van der Waals surface area contributed by atoms with Gasteiger partial charge in [0.2, 0.25) is 5.91 Å². The van der Waals surface area contributed by atoms with Gasteiger partial charge in [0.25, 0.3) is 0 Å². The van der Waals surface area contributed by atoms with Crippen molar-refractivity contribution in [2.45, 2.75) is 37.6 Å². The molecule has 2 aromatic rings. The Morgan fingerprint density at radius 1 is 0.971 bits per heavy atom. The molecule has 2 amide bonds. The zero-order valence-electron chi connectivity index (χ0n) is 19.6. The summed E-state index contributed by atoms with van der Waals surface area (Å²) in [5.41, 5.74) is 4.78. The fourth-order valence-electron chi connectivity index (χ4n) is 6.53. The summed E-state index contributed by atoms with van der Waals surface area (Å²) in [6.07, 6.45) is 2.40. The van der Waals surface area contributed by atoms with E-state index in [-0.39, 0.29) is 41.5 Å². The molecule has 7 heteroatoms. The van der Waals surface area contributed by atoms with Crippen LogP contribution in [-0.4, -0.2) is 53.7 Å². The first kappa shape index (κ1) is 22.1. The third-order valence-corrected chi connectivity index (χ3v) is 8.50. The third kappa shape index (κ3) is 4.07. The summed E-state index contributed by atoms with van der Waals surface area (Å²) < 4.78 is 5.63. The highest BCUT2D eigenvalue weighted by atomic mass is 16.5. The average molecular weight is 475 g/mol. The molecule has 1 unspecified atom stereocenters. The maximum atomic E-state index is 12.7. The molecule has 1 aliphatic heterocycles. The lowest BCUT2D eigenvalue weighted by Crippen LogP contribution is -2.46. The molecule has 3 atom stereocenters. The first-order valence-electron chi connectivity index (χ1n) is 12.6. The Labute approximate surface area is 204 Å². The Hall–Kier alpha value is -3.35. The van der Waals surface area contributed by atoms with Gasteiger partial charge in [-0.1, -0.05) is 48.5 Å². The molecular weight excluding hydrogens is 444 g/mol. The van der Waals surface area contributed by atoms with E-state index in [9.17, 15) is 19.5 Å². The van der Waals surface area contributed by atoms with Gasteiger partial charge in [-0.3, -0.25) is 9.59 Å². The maximum Gasteiger partial charge on any atom is 0.407 e. The molecule has 2 N–H and O–H groups in total. The van der Waals surface area contributed by atoms with E-state index in [2.05, 4.69) is 29.6 Å². The van der Waals surface area contributed by atoms with Crippen LogP contribution in [0.3, 0.4) is 0 Å². The van der Waals surface area contributed by atoms with Gasteiger partial charge in [0.1, 0.15) is 6.61 Å². The quantitative estimate of drug-likeness (QED) is 0.663. The van der Waals surface area contributed by atoms with Crippen LogP contribution in [0, 0.1) is 23.7 Å². The number of amides is 2. The van der Waals surface area contributed by atoms with Crippen molar-refractivity contribution < 1.29 is 24.2 Å². The van der Waals surface area contributed by atoms with Gasteiger partial charge >= 0.3 is 12.1 Å². The lowest BCUT2D eigenvalue weighted by molar-refractivity contribution is -0.139. The molecule has 2 saturated carbocycles. The second-order valence-corrected chi connectivity index (χ2v) is 10.5. The number of nitrogens with one attached hydrogen (secondary N) is 1. The van der Waals surface area contributed by atoms with E-state index in [1.54, 1.807) is 0 Å². The molecule has 0 spiro atoms. The van der Waals surface area contributed by atoms with E-state index in [4.69, 9.17) is 4.74 Å². The number of alkyl carbamates (subject to hydrolysis) is 1. The van der Waals surface area contributed by atoms with Crippen LogP contribution < -0.4 is 5.32 Å². The number of hydrogen-bond donors (Lipinski definition) is 2. The minimum absolute atomic E-state index is 0.0361. The molecule has 0 bridgehead atoms. The molecule has 4 aliphatic rings. The molecular formula is C28H30N2O5. The number of fused-ring (bicyclic) bond motifs is 4. The van der Waals surface area contributed by atoms with E-state index < -0.39 is 12.1 Å². The van der Waals surface area contributed by atoms with E-state index in [0.29, 0.717) is 26.1 Å². The second kappa shape index (κ2) is 8.70. The van der Waals surface area contributed by atoms with Crippen LogP contribution >= 0.6 is 0 Å². The zero-order valence-corrected chi connectivity index (χ0v) is 19.6. The Bertz CT molecular complexity index is 1130. The SMILES string of the molecule is O=C(NC1CC(CC(=O)N2CC[C@H]3C(C(=O)O)[C@H]3C2)C1)OCC1c2ccccc2-c2ccccc21. The van der Waals surface area contributed by atoms with Crippen LogP contribution in [0.25, 0.3) is 11.1 Å². The van der Waals surface area contributed by atoms with Crippen molar-refractivity contribution in [3.05, 3.63) is 59.7 Å². The summed E-state index contributed by atoms with van der Waals surface area (Å²) in [7, 11) is 0. The standard InChI is InChI=1S/C28H30N2O5/c31-25(30-10-9-22-23(14-30)26(22)27(32)33)13-16-11-17(12-16)29-28(34)35-15-24-20-7-3-1-5-18(20)19-6-2-4-8-21(19)24/h1-8,16-17,22-24,26H,9-15H2,(H,29,34)(H,32,33)/t16?,17?,22-,23+,26?/m1/s1. The summed E-state index contributed by atoms with van der Waals surface area (Å²) in [4.78, 5) is 38.2. The summed E-state index contributed by atoms with van der Waals surface area (Å²) in [5, 5.41) is 12.2. The number of likely N-dealkylation sites (tertiary alicyclic amines) is 1. The number of carbonyl (C=O) groups is 3. The van der Waals surface area contributed by atoms with Gasteiger partial charge in [-0.15, -0.1) is 0 Å². The molecule has 3 fully saturated rings. The molecule has 2 aromatic carbocycles. The highest BCUT2D eigenvalue weighted by Gasteiger charge is 2.57. The smallest absolute Gasteiger partial charge is 0.407 e. The van der Waals surface area contributed by atoms with E-state index in [1.807, 2.05) is 29.2 Å². The third-order valence-electron chi connectivity index (χ3n) is 8.50. The first-order chi connectivity index (χ1) is 17.0. The molecule has 35 heavy (non-hydrogen) atoms. The fourth-order valence-corrected chi connectivity index (χ4v) is 6.53. The van der Waals surface area contributed by atoms with Crippen LogP contribution in [0.15, 0.2) is 48.5 Å². The molecule has 7 nitrogen and oxygen atoms in total. The van der Waals surface area contributed by atoms with Crippen molar-refractivity contribution in [2.24, 2.45) is 23.7 Å².